The molecule has 0 aliphatic carbocycles. The largest absolute Gasteiger partial charge is 0.464 e. The van der Waals surface area contributed by atoms with Gasteiger partial charge in [0.05, 0.1) is 6.54 Å². The minimum atomic E-state index is -3.51. The van der Waals surface area contributed by atoms with E-state index in [2.05, 4.69) is 10.0 Å². The second-order valence-electron chi connectivity index (χ2n) is 4.78. The summed E-state index contributed by atoms with van der Waals surface area (Å²) in [4.78, 5) is 0.213. The minimum Gasteiger partial charge on any atom is -0.464 e. The van der Waals surface area contributed by atoms with Crippen molar-refractivity contribution in [3.63, 3.8) is 0 Å². The summed E-state index contributed by atoms with van der Waals surface area (Å²) in [5, 5.41) is 3.10. The Morgan fingerprint density at radius 3 is 2.71 bits per heavy atom. The molecule has 0 aliphatic heterocycles. The first kappa shape index (κ1) is 18.2. The first-order valence-electron chi connectivity index (χ1n) is 7.38. The van der Waals surface area contributed by atoms with E-state index in [0.717, 1.165) is 13.0 Å². The first-order valence-corrected chi connectivity index (χ1v) is 8.87. The van der Waals surface area contributed by atoms with Crippen molar-refractivity contribution in [3.8, 4) is 0 Å². The lowest BCUT2D eigenvalue weighted by atomic mass is 10.4. The lowest BCUT2D eigenvalue weighted by Crippen LogP contribution is -2.25. The van der Waals surface area contributed by atoms with Gasteiger partial charge >= 0.3 is 0 Å². The van der Waals surface area contributed by atoms with Crippen molar-refractivity contribution in [2.24, 2.45) is 0 Å². The Kier molecular flexibility index (Phi) is 7.95. The van der Waals surface area contributed by atoms with E-state index < -0.39 is 10.0 Å². The molecule has 6 nitrogen and oxygen atoms in total. The third-order valence-electron chi connectivity index (χ3n) is 2.87. The summed E-state index contributed by atoms with van der Waals surface area (Å²) >= 11 is 0. The molecule has 122 valence electrons. The molecule has 0 radical (unpaired) electrons. The van der Waals surface area contributed by atoms with Crippen molar-refractivity contribution in [1.29, 1.82) is 0 Å². The van der Waals surface area contributed by atoms with Gasteiger partial charge in [0.1, 0.15) is 16.4 Å². The average molecular weight is 318 g/mol. The van der Waals surface area contributed by atoms with Gasteiger partial charge in [-0.3, -0.25) is 0 Å². The van der Waals surface area contributed by atoms with Crippen LogP contribution in [0.25, 0.3) is 0 Å². The van der Waals surface area contributed by atoms with E-state index in [-0.39, 0.29) is 4.90 Å². The van der Waals surface area contributed by atoms with Crippen LogP contribution in [0.5, 0.6) is 0 Å². The quantitative estimate of drug-likeness (QED) is 0.608. The van der Waals surface area contributed by atoms with Crippen molar-refractivity contribution in [2.75, 3.05) is 26.3 Å². The lowest BCUT2D eigenvalue weighted by Gasteiger charge is -2.06. The normalized spacial score (nSPS) is 12.0. The van der Waals surface area contributed by atoms with Crippen molar-refractivity contribution in [1.82, 2.24) is 10.0 Å². The van der Waals surface area contributed by atoms with E-state index in [1.54, 1.807) is 13.0 Å². The van der Waals surface area contributed by atoms with Gasteiger partial charge in [-0.2, -0.15) is 0 Å². The minimum absolute atomic E-state index is 0.213. The molecule has 1 aromatic rings. The summed E-state index contributed by atoms with van der Waals surface area (Å²) in [6.45, 7) is 8.64. The van der Waals surface area contributed by atoms with Gasteiger partial charge in [-0.05, 0) is 26.3 Å². The molecule has 0 spiro atoms. The van der Waals surface area contributed by atoms with Gasteiger partial charge in [0.15, 0.2) is 0 Å². The fourth-order valence-corrected chi connectivity index (χ4v) is 3.11. The van der Waals surface area contributed by atoms with Gasteiger partial charge in [-0.25, -0.2) is 13.1 Å². The Hall–Kier alpha value is -0.890. The molecule has 0 amide bonds. The topological polar surface area (TPSA) is 80.6 Å². The van der Waals surface area contributed by atoms with Gasteiger partial charge in [-0.1, -0.05) is 13.8 Å². The summed E-state index contributed by atoms with van der Waals surface area (Å²) in [6.07, 6.45) is 1.62. The molecule has 2 N–H and O–H groups in total. The van der Waals surface area contributed by atoms with E-state index in [1.807, 2.05) is 13.8 Å². The molecule has 0 bridgehead atoms. The average Bonchev–Trinajstić information content (AvgIpc) is 2.82. The highest BCUT2D eigenvalue weighted by molar-refractivity contribution is 7.89. The van der Waals surface area contributed by atoms with Gasteiger partial charge in [0.2, 0.25) is 10.0 Å². The molecule has 1 aromatic heterocycles. The predicted molar refractivity (Wildman–Crippen MR) is 81.7 cm³/mol. The Bertz CT molecular complexity index is 511. The van der Waals surface area contributed by atoms with E-state index in [9.17, 15) is 8.42 Å². The van der Waals surface area contributed by atoms with Gasteiger partial charge in [0, 0.05) is 25.8 Å². The molecule has 0 saturated carbocycles. The van der Waals surface area contributed by atoms with Crippen LogP contribution in [0, 0.1) is 6.92 Å². The molecular formula is C14H26N2O4S. The first-order chi connectivity index (χ1) is 10.0. The summed E-state index contributed by atoms with van der Waals surface area (Å²) < 4.78 is 37.7. The Morgan fingerprint density at radius 1 is 1.29 bits per heavy atom. The molecule has 0 aromatic carbocycles. The summed E-state index contributed by atoms with van der Waals surface area (Å²) in [5.41, 5.74) is 0. The summed E-state index contributed by atoms with van der Waals surface area (Å²) in [7, 11) is -3.51. The molecule has 0 aliphatic rings. The highest BCUT2D eigenvalue weighted by atomic mass is 32.2. The van der Waals surface area contributed by atoms with Gasteiger partial charge in [0.25, 0.3) is 0 Å². The Labute approximate surface area is 127 Å². The van der Waals surface area contributed by atoms with Crippen molar-refractivity contribution < 1.29 is 17.6 Å². The third kappa shape index (κ3) is 6.17. The number of sulfonamides is 1. The number of nitrogens with one attached hydrogen (secondary N) is 2. The maximum atomic E-state index is 12.2. The number of rotatable bonds is 11. The van der Waals surface area contributed by atoms with Crippen LogP contribution < -0.4 is 10.0 Å². The molecule has 7 heteroatoms. The van der Waals surface area contributed by atoms with Crippen LogP contribution in [0.1, 0.15) is 38.2 Å². The maximum Gasteiger partial charge on any atom is 0.244 e. The third-order valence-corrected chi connectivity index (χ3v) is 4.44. The SMILES string of the molecule is CCCOCCCNS(=O)(=O)c1cc(CNCC)oc1C. The van der Waals surface area contributed by atoms with Gasteiger partial charge in [-0.15, -0.1) is 0 Å². The lowest BCUT2D eigenvalue weighted by molar-refractivity contribution is 0.133. The summed E-state index contributed by atoms with van der Waals surface area (Å²) in [5.74, 6) is 1.04. The van der Waals surface area contributed by atoms with E-state index in [0.29, 0.717) is 44.2 Å². The second-order valence-corrected chi connectivity index (χ2v) is 6.51. The number of hydrogen-bond donors (Lipinski definition) is 2. The summed E-state index contributed by atoms with van der Waals surface area (Å²) in [6, 6.07) is 1.58. The van der Waals surface area contributed by atoms with Crippen molar-refractivity contribution in [2.45, 2.75) is 45.1 Å². The van der Waals surface area contributed by atoms with Crippen LogP contribution in [0.4, 0.5) is 0 Å². The molecule has 1 heterocycles. The monoisotopic (exact) mass is 318 g/mol. The number of hydrogen-bond acceptors (Lipinski definition) is 5. The Balaban J connectivity index is 2.51. The molecular weight excluding hydrogens is 292 g/mol. The van der Waals surface area contributed by atoms with Crippen molar-refractivity contribution in [3.05, 3.63) is 17.6 Å². The molecule has 1 rings (SSSR count). The molecule has 0 atom stereocenters. The zero-order valence-electron chi connectivity index (χ0n) is 13.1. The molecule has 0 fully saturated rings. The smallest absolute Gasteiger partial charge is 0.244 e. The molecule has 0 unspecified atom stereocenters. The van der Waals surface area contributed by atoms with Crippen LogP contribution in [-0.2, 0) is 21.3 Å². The number of furan rings is 1. The molecule has 0 saturated heterocycles. The zero-order chi connectivity index (χ0) is 15.7. The van der Waals surface area contributed by atoms with Crippen LogP contribution >= 0.6 is 0 Å². The van der Waals surface area contributed by atoms with E-state index in [1.165, 1.54) is 0 Å². The van der Waals surface area contributed by atoms with Crippen LogP contribution in [0.2, 0.25) is 0 Å². The van der Waals surface area contributed by atoms with Crippen LogP contribution in [-0.4, -0.2) is 34.7 Å². The van der Waals surface area contributed by atoms with Crippen LogP contribution in [0.3, 0.4) is 0 Å². The molecule has 21 heavy (non-hydrogen) atoms. The fourth-order valence-electron chi connectivity index (χ4n) is 1.83. The van der Waals surface area contributed by atoms with E-state index in [4.69, 9.17) is 9.15 Å². The van der Waals surface area contributed by atoms with Crippen LogP contribution in [0.15, 0.2) is 15.4 Å². The Morgan fingerprint density at radius 2 is 2.05 bits per heavy atom. The standard InChI is InChI=1S/C14H26N2O4S/c1-4-8-19-9-6-7-16-21(17,18)14-10-13(11-15-5-2)20-12(14)3/h10,15-16H,4-9,11H2,1-3H3. The highest BCUT2D eigenvalue weighted by Crippen LogP contribution is 2.19. The fraction of sp³-hybridized carbons (Fsp3) is 0.714. The number of ether oxygens (including phenoxy) is 1. The maximum absolute atomic E-state index is 12.2. The predicted octanol–water partition coefficient (Wildman–Crippen LogP) is 1.79. The van der Waals surface area contributed by atoms with Crippen molar-refractivity contribution >= 4 is 10.0 Å². The zero-order valence-corrected chi connectivity index (χ0v) is 13.9. The van der Waals surface area contributed by atoms with E-state index >= 15 is 0 Å². The highest BCUT2D eigenvalue weighted by Gasteiger charge is 2.20. The number of aryl methyl sites for hydroxylation is 1. The van der Waals surface area contributed by atoms with Gasteiger partial charge < -0.3 is 14.5 Å². The second kappa shape index (κ2) is 9.19.